The first kappa shape index (κ1) is 16.0. The molecule has 0 radical (unpaired) electrons. The molecule has 0 fully saturated rings. The molecule has 0 aliphatic heterocycles. The molecule has 0 saturated heterocycles. The Hall–Kier alpha value is -1.39. The van der Waals surface area contributed by atoms with Gasteiger partial charge >= 0.3 is 0 Å². The second kappa shape index (κ2) is 8.15. The standard InChI is InChI=1S/C17H22BrN3/c1-3-10-19-17-9-8-14(11-20-17)12-21(2)13-15-6-4-5-7-16(15)18/h4-9,11H,3,10,12-13H2,1-2H3,(H,19,20). The van der Waals surface area contributed by atoms with Gasteiger partial charge in [0.2, 0.25) is 0 Å². The number of aromatic nitrogens is 1. The molecule has 2 rings (SSSR count). The Morgan fingerprint density at radius 3 is 2.62 bits per heavy atom. The molecule has 0 bridgehead atoms. The van der Waals surface area contributed by atoms with Gasteiger partial charge in [0, 0.05) is 30.3 Å². The van der Waals surface area contributed by atoms with Gasteiger partial charge in [0.05, 0.1) is 0 Å². The van der Waals surface area contributed by atoms with Gasteiger partial charge in [-0.3, -0.25) is 4.90 Å². The summed E-state index contributed by atoms with van der Waals surface area (Å²) < 4.78 is 1.16. The van der Waals surface area contributed by atoms with Crippen LogP contribution in [0.2, 0.25) is 0 Å². The van der Waals surface area contributed by atoms with E-state index in [2.05, 4.69) is 75.4 Å². The molecule has 1 aromatic heterocycles. The fraction of sp³-hybridized carbons (Fsp3) is 0.353. The summed E-state index contributed by atoms with van der Waals surface area (Å²) in [5, 5.41) is 3.29. The molecule has 0 amide bonds. The number of nitrogens with one attached hydrogen (secondary N) is 1. The van der Waals surface area contributed by atoms with Crippen molar-refractivity contribution in [2.24, 2.45) is 0 Å². The van der Waals surface area contributed by atoms with E-state index in [0.29, 0.717) is 0 Å². The van der Waals surface area contributed by atoms with Crippen molar-refractivity contribution in [1.29, 1.82) is 0 Å². The van der Waals surface area contributed by atoms with E-state index in [1.165, 1.54) is 11.1 Å². The van der Waals surface area contributed by atoms with Crippen LogP contribution < -0.4 is 5.32 Å². The zero-order chi connectivity index (χ0) is 15.1. The van der Waals surface area contributed by atoms with Gasteiger partial charge in [-0.05, 0) is 36.7 Å². The smallest absolute Gasteiger partial charge is 0.125 e. The van der Waals surface area contributed by atoms with Crippen molar-refractivity contribution in [3.05, 3.63) is 58.2 Å². The normalized spacial score (nSPS) is 10.9. The topological polar surface area (TPSA) is 28.2 Å². The van der Waals surface area contributed by atoms with Crippen LogP contribution in [-0.2, 0) is 13.1 Å². The van der Waals surface area contributed by atoms with Gasteiger partial charge in [-0.1, -0.05) is 47.1 Å². The van der Waals surface area contributed by atoms with Crippen LogP contribution in [0.25, 0.3) is 0 Å². The molecule has 3 nitrogen and oxygen atoms in total. The number of hydrogen-bond donors (Lipinski definition) is 1. The number of benzene rings is 1. The van der Waals surface area contributed by atoms with Gasteiger partial charge in [-0.25, -0.2) is 4.98 Å². The largest absolute Gasteiger partial charge is 0.370 e. The second-order valence-corrected chi connectivity index (χ2v) is 6.10. The summed E-state index contributed by atoms with van der Waals surface area (Å²) in [6.45, 7) is 4.92. The summed E-state index contributed by atoms with van der Waals surface area (Å²) >= 11 is 3.60. The molecule has 1 aromatic carbocycles. The summed E-state index contributed by atoms with van der Waals surface area (Å²) in [4.78, 5) is 6.73. The average Bonchev–Trinajstić information content (AvgIpc) is 2.49. The lowest BCUT2D eigenvalue weighted by Gasteiger charge is -2.17. The maximum atomic E-state index is 4.45. The molecule has 21 heavy (non-hydrogen) atoms. The highest BCUT2D eigenvalue weighted by Crippen LogP contribution is 2.18. The molecule has 112 valence electrons. The van der Waals surface area contributed by atoms with Gasteiger partial charge in [-0.15, -0.1) is 0 Å². The van der Waals surface area contributed by atoms with Crippen molar-refractivity contribution in [3.63, 3.8) is 0 Å². The molecule has 0 aliphatic rings. The molecule has 0 aliphatic carbocycles. The zero-order valence-corrected chi connectivity index (χ0v) is 14.2. The summed E-state index contributed by atoms with van der Waals surface area (Å²) in [7, 11) is 2.13. The lowest BCUT2D eigenvalue weighted by molar-refractivity contribution is 0.318. The van der Waals surface area contributed by atoms with Crippen LogP contribution in [0.4, 0.5) is 5.82 Å². The molecule has 0 atom stereocenters. The van der Waals surface area contributed by atoms with Gasteiger partial charge in [0.1, 0.15) is 5.82 Å². The minimum atomic E-state index is 0.891. The molecule has 4 heteroatoms. The highest BCUT2D eigenvalue weighted by Gasteiger charge is 2.05. The minimum absolute atomic E-state index is 0.891. The van der Waals surface area contributed by atoms with Gasteiger partial charge < -0.3 is 5.32 Å². The van der Waals surface area contributed by atoms with Crippen molar-refractivity contribution in [3.8, 4) is 0 Å². The highest BCUT2D eigenvalue weighted by molar-refractivity contribution is 9.10. The molecule has 2 aromatic rings. The van der Waals surface area contributed by atoms with Crippen LogP contribution >= 0.6 is 15.9 Å². The lowest BCUT2D eigenvalue weighted by atomic mass is 10.2. The van der Waals surface area contributed by atoms with Crippen molar-refractivity contribution < 1.29 is 0 Å². The van der Waals surface area contributed by atoms with Gasteiger partial charge in [-0.2, -0.15) is 0 Å². The number of rotatable bonds is 7. The second-order valence-electron chi connectivity index (χ2n) is 5.24. The van der Waals surface area contributed by atoms with Crippen LogP contribution in [0.5, 0.6) is 0 Å². The Balaban J connectivity index is 1.90. The van der Waals surface area contributed by atoms with Crippen LogP contribution in [0.15, 0.2) is 47.1 Å². The van der Waals surface area contributed by atoms with Crippen molar-refractivity contribution >= 4 is 21.7 Å². The summed E-state index contributed by atoms with van der Waals surface area (Å²) in [6, 6.07) is 12.5. The molecular weight excluding hydrogens is 326 g/mol. The first-order chi connectivity index (χ1) is 10.2. The summed E-state index contributed by atoms with van der Waals surface area (Å²) in [6.07, 6.45) is 3.06. The molecule has 0 saturated carbocycles. The average molecular weight is 348 g/mol. The Morgan fingerprint density at radius 1 is 1.14 bits per heavy atom. The minimum Gasteiger partial charge on any atom is -0.370 e. The van der Waals surface area contributed by atoms with Crippen LogP contribution in [-0.4, -0.2) is 23.5 Å². The molecule has 0 spiro atoms. The van der Waals surface area contributed by atoms with Gasteiger partial charge in [0.15, 0.2) is 0 Å². The summed E-state index contributed by atoms with van der Waals surface area (Å²) in [5.41, 5.74) is 2.53. The van der Waals surface area contributed by atoms with E-state index < -0.39 is 0 Å². The van der Waals surface area contributed by atoms with Crippen molar-refractivity contribution in [2.75, 3.05) is 18.9 Å². The van der Waals surface area contributed by atoms with E-state index in [-0.39, 0.29) is 0 Å². The number of anilines is 1. The van der Waals surface area contributed by atoms with E-state index in [9.17, 15) is 0 Å². The first-order valence-corrected chi connectivity index (χ1v) is 8.09. The fourth-order valence-electron chi connectivity index (χ4n) is 2.16. The van der Waals surface area contributed by atoms with E-state index in [1.807, 2.05) is 12.3 Å². The fourth-order valence-corrected chi connectivity index (χ4v) is 2.57. The Bertz CT molecular complexity index is 554. The van der Waals surface area contributed by atoms with E-state index in [4.69, 9.17) is 0 Å². The SMILES string of the molecule is CCCNc1ccc(CN(C)Cc2ccccc2Br)cn1. The molecule has 1 heterocycles. The predicted octanol–water partition coefficient (Wildman–Crippen LogP) is 4.30. The predicted molar refractivity (Wildman–Crippen MR) is 92.3 cm³/mol. The van der Waals surface area contributed by atoms with Crippen LogP contribution in [0.1, 0.15) is 24.5 Å². The Labute approximate surface area is 135 Å². The lowest BCUT2D eigenvalue weighted by Crippen LogP contribution is -2.17. The quantitative estimate of drug-likeness (QED) is 0.809. The van der Waals surface area contributed by atoms with Crippen LogP contribution in [0.3, 0.4) is 0 Å². The maximum absolute atomic E-state index is 4.45. The third kappa shape index (κ3) is 5.14. The van der Waals surface area contributed by atoms with E-state index in [1.54, 1.807) is 0 Å². The third-order valence-electron chi connectivity index (χ3n) is 3.23. The highest BCUT2D eigenvalue weighted by atomic mass is 79.9. The molecular formula is C17H22BrN3. The maximum Gasteiger partial charge on any atom is 0.125 e. The number of halogens is 1. The summed E-state index contributed by atoms with van der Waals surface area (Å²) in [5.74, 6) is 0.953. The van der Waals surface area contributed by atoms with E-state index >= 15 is 0 Å². The van der Waals surface area contributed by atoms with Gasteiger partial charge in [0.25, 0.3) is 0 Å². The number of pyridine rings is 1. The Morgan fingerprint density at radius 2 is 1.95 bits per heavy atom. The van der Waals surface area contributed by atoms with Crippen molar-refractivity contribution in [2.45, 2.75) is 26.4 Å². The zero-order valence-electron chi connectivity index (χ0n) is 12.6. The first-order valence-electron chi connectivity index (χ1n) is 7.29. The number of hydrogen-bond acceptors (Lipinski definition) is 3. The Kier molecular flexibility index (Phi) is 6.21. The number of nitrogens with zero attached hydrogens (tertiary/aromatic N) is 2. The van der Waals surface area contributed by atoms with E-state index in [0.717, 1.165) is 36.3 Å². The molecule has 0 unspecified atom stereocenters. The van der Waals surface area contributed by atoms with Crippen LogP contribution in [0, 0.1) is 0 Å². The third-order valence-corrected chi connectivity index (χ3v) is 4.01. The van der Waals surface area contributed by atoms with Crippen molar-refractivity contribution in [1.82, 2.24) is 9.88 Å². The monoisotopic (exact) mass is 347 g/mol. The molecule has 1 N–H and O–H groups in total.